The summed E-state index contributed by atoms with van der Waals surface area (Å²) in [6.07, 6.45) is 2.26. The first-order valence-electron chi connectivity index (χ1n) is 9.74. The number of halogens is 2. The van der Waals surface area contributed by atoms with E-state index >= 15 is 0 Å². The molecule has 4 aromatic rings. The number of rotatable bonds is 2. The summed E-state index contributed by atoms with van der Waals surface area (Å²) in [7, 11) is 0. The normalized spacial score (nSPS) is 9.86. The quantitative estimate of drug-likeness (QED) is 0.363. The zero-order chi connectivity index (χ0) is 18.8. The zero-order valence-electron chi connectivity index (χ0n) is 18.3. The van der Waals surface area contributed by atoms with Crippen LogP contribution in [0.4, 0.5) is 0 Å². The van der Waals surface area contributed by atoms with E-state index in [0.29, 0.717) is 0 Å². The third-order valence-corrected chi connectivity index (χ3v) is 5.28. The molecule has 0 saturated carbocycles. The van der Waals surface area contributed by atoms with Crippen LogP contribution in [0.5, 0.6) is 0 Å². The number of hydrogen-bond acceptors (Lipinski definition) is 0. The molecule has 3 heteroatoms. The molecule has 0 aromatic heterocycles. The Morgan fingerprint density at radius 1 is 0.586 bits per heavy atom. The van der Waals surface area contributed by atoms with E-state index in [2.05, 4.69) is 90.1 Å². The van der Waals surface area contributed by atoms with Gasteiger partial charge in [0.15, 0.2) is 0 Å². The summed E-state index contributed by atoms with van der Waals surface area (Å²) in [6, 6.07) is 18.3. The molecule has 0 fully saturated rings. The summed E-state index contributed by atoms with van der Waals surface area (Å²) < 4.78 is 0. The molecular formula is C26H30Cl2Zr. The minimum Gasteiger partial charge on any atom is -1.00 e. The van der Waals surface area contributed by atoms with Crippen LogP contribution in [0.2, 0.25) is 0 Å². The fourth-order valence-electron chi connectivity index (χ4n) is 3.92. The van der Waals surface area contributed by atoms with Crippen LogP contribution in [0.3, 0.4) is 0 Å². The van der Waals surface area contributed by atoms with Crippen molar-refractivity contribution in [3.63, 3.8) is 0 Å². The molecule has 4 aromatic carbocycles. The van der Waals surface area contributed by atoms with Crippen LogP contribution in [-0.2, 0) is 39.0 Å². The van der Waals surface area contributed by atoms with Crippen molar-refractivity contribution in [2.75, 3.05) is 0 Å². The number of fused-ring (bicyclic) bond motifs is 2. The second kappa shape index (κ2) is 12.1. The molecule has 0 bridgehead atoms. The van der Waals surface area contributed by atoms with Gasteiger partial charge in [-0.05, 0) is 40.5 Å². The molecule has 0 saturated heterocycles. The van der Waals surface area contributed by atoms with E-state index in [1.54, 1.807) is 0 Å². The SMILES string of the molecule is CCc1cc2c(C)cc(C)cc2[cH-]1.CCc1cc2c(C)cc(C)cc2[cH-]1.[Cl-].[Cl-].[Zr+4]. The smallest absolute Gasteiger partial charge is 1.00 e. The predicted octanol–water partition coefficient (Wildman–Crippen LogP) is 1.48. The third-order valence-electron chi connectivity index (χ3n) is 5.28. The van der Waals surface area contributed by atoms with Gasteiger partial charge in [0.25, 0.3) is 0 Å². The molecule has 0 N–H and O–H groups in total. The summed E-state index contributed by atoms with van der Waals surface area (Å²) >= 11 is 0. The van der Waals surface area contributed by atoms with E-state index in [1.807, 2.05) is 0 Å². The van der Waals surface area contributed by atoms with Crippen molar-refractivity contribution in [3.8, 4) is 0 Å². The monoisotopic (exact) mass is 502 g/mol. The van der Waals surface area contributed by atoms with Gasteiger partial charge in [0, 0.05) is 0 Å². The molecule has 0 unspecified atom stereocenters. The fourth-order valence-corrected chi connectivity index (χ4v) is 3.92. The first-order chi connectivity index (χ1) is 12.4. The van der Waals surface area contributed by atoms with Crippen LogP contribution >= 0.6 is 0 Å². The molecule has 29 heavy (non-hydrogen) atoms. The van der Waals surface area contributed by atoms with Gasteiger partial charge in [-0.3, -0.25) is 0 Å². The Balaban J connectivity index is 0.000000490. The largest absolute Gasteiger partial charge is 4.00 e. The summed E-state index contributed by atoms with van der Waals surface area (Å²) in [5.74, 6) is 0. The van der Waals surface area contributed by atoms with Gasteiger partial charge in [-0.1, -0.05) is 48.2 Å². The van der Waals surface area contributed by atoms with Gasteiger partial charge in [-0.25, -0.2) is 0 Å². The summed E-state index contributed by atoms with van der Waals surface area (Å²) in [4.78, 5) is 0. The zero-order valence-corrected chi connectivity index (χ0v) is 22.3. The molecule has 0 radical (unpaired) electrons. The van der Waals surface area contributed by atoms with Crippen LogP contribution in [0.15, 0.2) is 48.5 Å². The summed E-state index contributed by atoms with van der Waals surface area (Å²) in [5.41, 5.74) is 8.41. The molecule has 152 valence electrons. The topological polar surface area (TPSA) is 0 Å². The molecule has 0 amide bonds. The maximum atomic E-state index is 2.31. The van der Waals surface area contributed by atoms with Crippen molar-refractivity contribution in [1.82, 2.24) is 0 Å². The Hall–Kier alpha value is -0.877. The molecule has 0 spiro atoms. The molecular weight excluding hydrogens is 474 g/mol. The number of aryl methyl sites for hydroxylation is 6. The first kappa shape index (κ1) is 28.1. The minimum absolute atomic E-state index is 0. The first-order valence-corrected chi connectivity index (χ1v) is 9.74. The van der Waals surface area contributed by atoms with E-state index in [-0.39, 0.29) is 51.0 Å². The van der Waals surface area contributed by atoms with E-state index in [4.69, 9.17) is 0 Å². The second-order valence-corrected chi connectivity index (χ2v) is 7.60. The van der Waals surface area contributed by atoms with Gasteiger partial charge < -0.3 is 24.8 Å². The van der Waals surface area contributed by atoms with Crippen LogP contribution in [-0.4, -0.2) is 0 Å². The Bertz CT molecular complexity index is 968. The summed E-state index contributed by atoms with van der Waals surface area (Å²) in [5, 5.41) is 5.63. The Morgan fingerprint density at radius 2 is 0.931 bits per heavy atom. The average Bonchev–Trinajstić information content (AvgIpc) is 3.19. The van der Waals surface area contributed by atoms with E-state index in [0.717, 1.165) is 12.8 Å². The van der Waals surface area contributed by atoms with Gasteiger partial charge >= 0.3 is 26.2 Å². The third kappa shape index (κ3) is 6.55. The maximum Gasteiger partial charge on any atom is 4.00 e. The van der Waals surface area contributed by atoms with Crippen molar-refractivity contribution in [2.24, 2.45) is 0 Å². The summed E-state index contributed by atoms with van der Waals surface area (Å²) in [6.45, 7) is 13.1. The van der Waals surface area contributed by atoms with Crippen molar-refractivity contribution < 1.29 is 51.0 Å². The van der Waals surface area contributed by atoms with Crippen molar-refractivity contribution >= 4 is 21.5 Å². The molecule has 0 heterocycles. The Morgan fingerprint density at radius 3 is 1.24 bits per heavy atom. The fraction of sp³-hybridized carbons (Fsp3) is 0.308. The van der Waals surface area contributed by atoms with Gasteiger partial charge in [0.1, 0.15) is 0 Å². The molecule has 0 aliphatic carbocycles. The maximum absolute atomic E-state index is 2.31. The van der Waals surface area contributed by atoms with E-state index < -0.39 is 0 Å². The van der Waals surface area contributed by atoms with E-state index in [1.165, 1.54) is 54.9 Å². The molecule has 0 atom stereocenters. The van der Waals surface area contributed by atoms with Crippen molar-refractivity contribution in [1.29, 1.82) is 0 Å². The Labute approximate surface area is 207 Å². The molecule has 0 aliphatic heterocycles. The van der Waals surface area contributed by atoms with Gasteiger partial charge in [-0.2, -0.15) is 12.1 Å². The van der Waals surface area contributed by atoms with Crippen LogP contribution in [0.1, 0.15) is 47.2 Å². The van der Waals surface area contributed by atoms with Crippen molar-refractivity contribution in [3.05, 3.63) is 81.9 Å². The Kier molecular flexibility index (Phi) is 11.7. The van der Waals surface area contributed by atoms with E-state index in [9.17, 15) is 0 Å². The molecule has 4 rings (SSSR count). The van der Waals surface area contributed by atoms with Crippen LogP contribution < -0.4 is 24.8 Å². The van der Waals surface area contributed by atoms with Gasteiger partial charge in [0.2, 0.25) is 0 Å². The molecule has 0 aliphatic rings. The van der Waals surface area contributed by atoms with Crippen molar-refractivity contribution in [2.45, 2.75) is 54.4 Å². The van der Waals surface area contributed by atoms with Crippen LogP contribution in [0, 0.1) is 27.7 Å². The second-order valence-electron chi connectivity index (χ2n) is 7.60. The van der Waals surface area contributed by atoms with Gasteiger partial charge in [-0.15, -0.1) is 56.9 Å². The van der Waals surface area contributed by atoms with Gasteiger partial charge in [0.05, 0.1) is 0 Å². The van der Waals surface area contributed by atoms with Crippen LogP contribution in [0.25, 0.3) is 21.5 Å². The number of benzene rings is 2. The number of hydrogen-bond donors (Lipinski definition) is 0. The molecule has 0 nitrogen and oxygen atoms in total. The minimum atomic E-state index is 0. The standard InChI is InChI=1S/2C13H15.2ClH.Zr/c2*1-4-11-7-12-6-9(2)5-10(3)13(12)8-11;;;/h2*5-8H,4H2,1-3H3;2*1H;/q2*-1;;;+4/p-2. The predicted molar refractivity (Wildman–Crippen MR) is 117 cm³/mol. The average molecular weight is 505 g/mol.